The zero-order valence-electron chi connectivity index (χ0n) is 10.4. The van der Waals surface area contributed by atoms with Crippen molar-refractivity contribution in [1.82, 2.24) is 0 Å². The lowest BCUT2D eigenvalue weighted by atomic mass is 9.91. The van der Waals surface area contributed by atoms with E-state index in [0.717, 1.165) is 11.4 Å². The van der Waals surface area contributed by atoms with E-state index in [-0.39, 0.29) is 0 Å². The third kappa shape index (κ3) is 3.28. The van der Waals surface area contributed by atoms with Crippen molar-refractivity contribution in [3.05, 3.63) is 70.2 Å². The molecule has 2 aromatic rings. The van der Waals surface area contributed by atoms with E-state index in [0.29, 0.717) is 11.8 Å². The molecule has 0 N–H and O–H groups in total. The number of alkyl halides is 1. The monoisotopic (exact) mass is 278 g/mol. The molecule has 0 amide bonds. The van der Waals surface area contributed by atoms with Crippen LogP contribution >= 0.6 is 23.2 Å². The van der Waals surface area contributed by atoms with Gasteiger partial charge < -0.3 is 0 Å². The Morgan fingerprint density at radius 1 is 1.00 bits per heavy atom. The maximum atomic E-state index is 6.13. The third-order valence-corrected chi connectivity index (χ3v) is 3.83. The molecule has 2 heteroatoms. The van der Waals surface area contributed by atoms with Crippen molar-refractivity contribution < 1.29 is 0 Å². The molecule has 1 unspecified atom stereocenters. The van der Waals surface area contributed by atoms with Gasteiger partial charge in [0.25, 0.3) is 0 Å². The van der Waals surface area contributed by atoms with Crippen LogP contribution in [-0.2, 0) is 6.42 Å². The Labute approximate surface area is 119 Å². The molecule has 94 valence electrons. The average molecular weight is 279 g/mol. The van der Waals surface area contributed by atoms with Crippen LogP contribution in [0.1, 0.15) is 22.6 Å². The highest BCUT2D eigenvalue weighted by atomic mass is 35.5. The van der Waals surface area contributed by atoms with E-state index in [4.69, 9.17) is 23.2 Å². The molecule has 18 heavy (non-hydrogen) atoms. The lowest BCUT2D eigenvalue weighted by Crippen LogP contribution is -2.06. The first kappa shape index (κ1) is 13.5. The Bertz CT molecular complexity index is 503. The van der Waals surface area contributed by atoms with Crippen LogP contribution in [0.3, 0.4) is 0 Å². The molecule has 0 aromatic heterocycles. The highest BCUT2D eigenvalue weighted by Gasteiger charge is 2.13. The summed E-state index contributed by atoms with van der Waals surface area (Å²) < 4.78 is 0. The molecule has 0 saturated heterocycles. The molecule has 0 aliphatic carbocycles. The largest absolute Gasteiger partial charge is 0.126 e. The van der Waals surface area contributed by atoms with Gasteiger partial charge in [-0.25, -0.2) is 0 Å². The van der Waals surface area contributed by atoms with Gasteiger partial charge in [-0.3, -0.25) is 0 Å². The van der Waals surface area contributed by atoms with Crippen molar-refractivity contribution in [3.63, 3.8) is 0 Å². The van der Waals surface area contributed by atoms with Crippen LogP contribution in [-0.4, -0.2) is 5.88 Å². The van der Waals surface area contributed by atoms with Gasteiger partial charge >= 0.3 is 0 Å². The first-order chi connectivity index (χ1) is 8.70. The number of hydrogen-bond donors (Lipinski definition) is 0. The number of rotatable bonds is 4. The summed E-state index contributed by atoms with van der Waals surface area (Å²) in [5.74, 6) is 0.988. The van der Waals surface area contributed by atoms with Crippen LogP contribution in [0.2, 0.25) is 5.02 Å². The smallest absolute Gasteiger partial charge is 0.0406 e. The second kappa shape index (κ2) is 6.26. The van der Waals surface area contributed by atoms with Gasteiger partial charge in [0.2, 0.25) is 0 Å². The van der Waals surface area contributed by atoms with Crippen LogP contribution in [0.15, 0.2) is 48.5 Å². The van der Waals surface area contributed by atoms with E-state index in [1.807, 2.05) is 12.1 Å². The minimum atomic E-state index is 0.356. The van der Waals surface area contributed by atoms with Crippen molar-refractivity contribution in [2.45, 2.75) is 19.3 Å². The fraction of sp³-hybridized carbons (Fsp3) is 0.250. The fourth-order valence-corrected chi connectivity index (χ4v) is 2.60. The van der Waals surface area contributed by atoms with Gasteiger partial charge in [-0.1, -0.05) is 48.0 Å². The Morgan fingerprint density at radius 3 is 2.28 bits per heavy atom. The van der Waals surface area contributed by atoms with Crippen molar-refractivity contribution in [1.29, 1.82) is 0 Å². The van der Waals surface area contributed by atoms with Gasteiger partial charge in [0.15, 0.2) is 0 Å². The number of hydrogen-bond acceptors (Lipinski definition) is 0. The van der Waals surface area contributed by atoms with Gasteiger partial charge in [0, 0.05) is 16.8 Å². The lowest BCUT2D eigenvalue weighted by molar-refractivity contribution is 0.760. The zero-order valence-corrected chi connectivity index (χ0v) is 11.9. The third-order valence-electron chi connectivity index (χ3n) is 3.21. The maximum Gasteiger partial charge on any atom is 0.0406 e. The summed E-state index contributed by atoms with van der Waals surface area (Å²) in [5, 5.41) is 0.775. The molecule has 0 fully saturated rings. The quantitative estimate of drug-likeness (QED) is 0.674. The van der Waals surface area contributed by atoms with E-state index in [9.17, 15) is 0 Å². The molecule has 0 saturated carbocycles. The molecule has 2 aromatic carbocycles. The van der Waals surface area contributed by atoms with Gasteiger partial charge in [-0.05, 0) is 42.2 Å². The number of aryl methyl sites for hydroxylation is 1. The Morgan fingerprint density at radius 2 is 1.67 bits per heavy atom. The molecule has 0 aliphatic heterocycles. The van der Waals surface area contributed by atoms with Crippen LogP contribution < -0.4 is 0 Å². The molecule has 2 rings (SSSR count). The second-order valence-electron chi connectivity index (χ2n) is 4.54. The van der Waals surface area contributed by atoms with Crippen molar-refractivity contribution in [2.24, 2.45) is 0 Å². The molecule has 0 nitrogen and oxygen atoms in total. The number of halogens is 2. The normalized spacial score (nSPS) is 12.4. The Kier molecular flexibility index (Phi) is 4.68. The molecule has 0 heterocycles. The standard InChI is InChI=1S/C16H16Cl2/c1-12-4-2-3-5-16(12)14(11-17)10-13-6-8-15(18)9-7-13/h2-9,14H,10-11H2,1H3. The SMILES string of the molecule is Cc1ccccc1C(CCl)Cc1ccc(Cl)cc1. The predicted molar refractivity (Wildman–Crippen MR) is 79.8 cm³/mol. The van der Waals surface area contributed by atoms with Crippen molar-refractivity contribution >= 4 is 23.2 Å². The average Bonchev–Trinajstić information content (AvgIpc) is 2.39. The highest BCUT2D eigenvalue weighted by Crippen LogP contribution is 2.25. The van der Waals surface area contributed by atoms with Crippen LogP contribution in [0, 0.1) is 6.92 Å². The summed E-state index contributed by atoms with van der Waals surface area (Å²) >= 11 is 12.0. The predicted octanol–water partition coefficient (Wildman–Crippen LogP) is 5.21. The molecule has 1 atom stereocenters. The number of benzene rings is 2. The summed E-state index contributed by atoms with van der Waals surface area (Å²) in [6.07, 6.45) is 0.950. The summed E-state index contributed by atoms with van der Waals surface area (Å²) in [7, 11) is 0. The van der Waals surface area contributed by atoms with Crippen molar-refractivity contribution in [2.75, 3.05) is 5.88 Å². The maximum absolute atomic E-state index is 6.13. The molecule has 0 bridgehead atoms. The van der Waals surface area contributed by atoms with E-state index >= 15 is 0 Å². The Hall–Kier alpha value is -0.980. The van der Waals surface area contributed by atoms with E-state index in [2.05, 4.69) is 43.3 Å². The second-order valence-corrected chi connectivity index (χ2v) is 5.28. The summed E-state index contributed by atoms with van der Waals surface area (Å²) in [6, 6.07) is 16.4. The van der Waals surface area contributed by atoms with E-state index in [1.54, 1.807) is 0 Å². The molecular weight excluding hydrogens is 263 g/mol. The minimum Gasteiger partial charge on any atom is -0.126 e. The molecule has 0 aliphatic rings. The molecule has 0 spiro atoms. The van der Waals surface area contributed by atoms with Crippen LogP contribution in [0.25, 0.3) is 0 Å². The molecular formula is C16H16Cl2. The highest BCUT2D eigenvalue weighted by molar-refractivity contribution is 6.30. The topological polar surface area (TPSA) is 0 Å². The van der Waals surface area contributed by atoms with Crippen LogP contribution in [0.5, 0.6) is 0 Å². The van der Waals surface area contributed by atoms with E-state index < -0.39 is 0 Å². The molecule has 0 radical (unpaired) electrons. The van der Waals surface area contributed by atoms with Crippen molar-refractivity contribution in [3.8, 4) is 0 Å². The first-order valence-corrected chi connectivity index (χ1v) is 6.98. The summed E-state index contributed by atoms with van der Waals surface area (Å²) in [4.78, 5) is 0. The fourth-order valence-electron chi connectivity index (χ4n) is 2.20. The summed E-state index contributed by atoms with van der Waals surface area (Å²) in [6.45, 7) is 2.14. The van der Waals surface area contributed by atoms with Gasteiger partial charge in [0.1, 0.15) is 0 Å². The first-order valence-electron chi connectivity index (χ1n) is 6.06. The van der Waals surface area contributed by atoms with Gasteiger partial charge in [-0.15, -0.1) is 11.6 Å². The van der Waals surface area contributed by atoms with Crippen LogP contribution in [0.4, 0.5) is 0 Å². The van der Waals surface area contributed by atoms with E-state index in [1.165, 1.54) is 16.7 Å². The zero-order chi connectivity index (χ0) is 13.0. The minimum absolute atomic E-state index is 0.356. The van der Waals surface area contributed by atoms with Gasteiger partial charge in [-0.2, -0.15) is 0 Å². The lowest BCUT2D eigenvalue weighted by Gasteiger charge is -2.17. The Balaban J connectivity index is 2.20. The van der Waals surface area contributed by atoms with Gasteiger partial charge in [0.05, 0.1) is 0 Å². The summed E-state index contributed by atoms with van der Waals surface area (Å²) in [5.41, 5.74) is 3.91.